The fraction of sp³-hybridized carbons (Fsp3) is 0.533. The standard InChI is InChI=1S/C15H23BrN2O/c1-3-4-5-9-18-15(19)8-10-17-13-6-7-14(16)12(2)11-13/h6-7,11,17H,3-5,8-10H2,1-2H3,(H,18,19). The minimum Gasteiger partial charge on any atom is -0.385 e. The van der Waals surface area contributed by atoms with Gasteiger partial charge in [0.25, 0.3) is 0 Å². The maximum atomic E-state index is 11.6. The van der Waals surface area contributed by atoms with Crippen molar-refractivity contribution < 1.29 is 4.79 Å². The number of hydrogen-bond donors (Lipinski definition) is 2. The highest BCUT2D eigenvalue weighted by molar-refractivity contribution is 9.10. The van der Waals surface area contributed by atoms with Crippen LogP contribution in [0.3, 0.4) is 0 Å². The molecule has 0 saturated carbocycles. The van der Waals surface area contributed by atoms with Crippen LogP contribution in [-0.4, -0.2) is 19.0 Å². The molecule has 0 fully saturated rings. The van der Waals surface area contributed by atoms with Gasteiger partial charge in [-0.15, -0.1) is 0 Å². The molecule has 4 heteroatoms. The van der Waals surface area contributed by atoms with Crippen molar-refractivity contribution in [1.29, 1.82) is 0 Å². The van der Waals surface area contributed by atoms with Crippen molar-refractivity contribution in [3.05, 3.63) is 28.2 Å². The van der Waals surface area contributed by atoms with E-state index in [0.717, 1.165) is 23.1 Å². The zero-order chi connectivity index (χ0) is 14.1. The highest BCUT2D eigenvalue weighted by Crippen LogP contribution is 2.19. The summed E-state index contributed by atoms with van der Waals surface area (Å²) in [4.78, 5) is 11.6. The van der Waals surface area contributed by atoms with E-state index in [9.17, 15) is 4.79 Å². The number of benzene rings is 1. The molecule has 0 aromatic heterocycles. The van der Waals surface area contributed by atoms with Crippen LogP contribution in [0.1, 0.15) is 38.2 Å². The molecule has 0 heterocycles. The molecule has 0 radical (unpaired) electrons. The number of carbonyl (C=O) groups excluding carboxylic acids is 1. The number of rotatable bonds is 8. The summed E-state index contributed by atoms with van der Waals surface area (Å²) in [6, 6.07) is 6.10. The molecular formula is C15H23BrN2O. The summed E-state index contributed by atoms with van der Waals surface area (Å²) in [5.74, 6) is 0.123. The number of amides is 1. The lowest BCUT2D eigenvalue weighted by Crippen LogP contribution is -2.26. The summed E-state index contributed by atoms with van der Waals surface area (Å²) in [5, 5.41) is 6.20. The Morgan fingerprint density at radius 2 is 2.05 bits per heavy atom. The number of carbonyl (C=O) groups is 1. The molecule has 0 aliphatic carbocycles. The Morgan fingerprint density at radius 1 is 1.26 bits per heavy atom. The Morgan fingerprint density at radius 3 is 2.74 bits per heavy atom. The fourth-order valence-electron chi connectivity index (χ4n) is 1.77. The summed E-state index contributed by atoms with van der Waals surface area (Å²) >= 11 is 3.47. The minimum atomic E-state index is 0.123. The Labute approximate surface area is 124 Å². The Balaban J connectivity index is 2.18. The molecule has 0 aliphatic heterocycles. The van der Waals surface area contributed by atoms with Crippen LogP contribution < -0.4 is 10.6 Å². The normalized spacial score (nSPS) is 10.3. The summed E-state index contributed by atoms with van der Waals surface area (Å²) in [7, 11) is 0. The van der Waals surface area contributed by atoms with Crippen LogP contribution in [0.2, 0.25) is 0 Å². The quantitative estimate of drug-likeness (QED) is 0.712. The molecule has 3 nitrogen and oxygen atoms in total. The lowest BCUT2D eigenvalue weighted by molar-refractivity contribution is -0.120. The van der Waals surface area contributed by atoms with E-state index in [4.69, 9.17) is 0 Å². The van der Waals surface area contributed by atoms with Crippen molar-refractivity contribution in [2.24, 2.45) is 0 Å². The highest BCUT2D eigenvalue weighted by atomic mass is 79.9. The van der Waals surface area contributed by atoms with Gasteiger partial charge in [0.1, 0.15) is 0 Å². The van der Waals surface area contributed by atoms with E-state index in [-0.39, 0.29) is 5.91 Å². The number of unbranched alkanes of at least 4 members (excludes halogenated alkanes) is 2. The predicted molar refractivity (Wildman–Crippen MR) is 84.5 cm³/mol. The van der Waals surface area contributed by atoms with Crippen LogP contribution in [0.5, 0.6) is 0 Å². The summed E-state index contributed by atoms with van der Waals surface area (Å²) in [5.41, 5.74) is 2.24. The van der Waals surface area contributed by atoms with Gasteiger partial charge in [-0.05, 0) is 37.1 Å². The average molecular weight is 327 g/mol. The van der Waals surface area contributed by atoms with Crippen LogP contribution in [0.15, 0.2) is 22.7 Å². The lowest BCUT2D eigenvalue weighted by atomic mass is 10.2. The smallest absolute Gasteiger partial charge is 0.221 e. The van der Waals surface area contributed by atoms with Gasteiger partial charge in [-0.1, -0.05) is 35.7 Å². The molecule has 0 atom stereocenters. The molecule has 2 N–H and O–H groups in total. The zero-order valence-electron chi connectivity index (χ0n) is 11.8. The summed E-state index contributed by atoms with van der Waals surface area (Å²) < 4.78 is 1.10. The summed E-state index contributed by atoms with van der Waals surface area (Å²) in [6.07, 6.45) is 3.94. The van der Waals surface area contributed by atoms with Gasteiger partial charge in [-0.25, -0.2) is 0 Å². The van der Waals surface area contributed by atoms with E-state index in [2.05, 4.69) is 46.5 Å². The second-order valence-electron chi connectivity index (χ2n) is 4.70. The second-order valence-corrected chi connectivity index (χ2v) is 5.55. The molecule has 106 valence electrons. The third kappa shape index (κ3) is 6.62. The first-order chi connectivity index (χ1) is 9.13. The number of hydrogen-bond acceptors (Lipinski definition) is 2. The van der Waals surface area contributed by atoms with Crippen molar-refractivity contribution in [3.8, 4) is 0 Å². The first-order valence-electron chi connectivity index (χ1n) is 6.90. The molecule has 0 bridgehead atoms. The molecule has 0 saturated heterocycles. The maximum Gasteiger partial charge on any atom is 0.221 e. The molecule has 1 aromatic rings. The van der Waals surface area contributed by atoms with Crippen LogP contribution >= 0.6 is 15.9 Å². The van der Waals surface area contributed by atoms with Gasteiger partial charge in [0.05, 0.1) is 0 Å². The van der Waals surface area contributed by atoms with Crippen molar-refractivity contribution in [2.45, 2.75) is 39.5 Å². The van der Waals surface area contributed by atoms with E-state index in [1.807, 2.05) is 12.1 Å². The predicted octanol–water partition coefficient (Wildman–Crippen LogP) is 3.87. The molecule has 1 rings (SSSR count). The largest absolute Gasteiger partial charge is 0.385 e. The van der Waals surface area contributed by atoms with E-state index < -0.39 is 0 Å². The molecule has 0 spiro atoms. The van der Waals surface area contributed by atoms with Crippen LogP contribution in [-0.2, 0) is 4.79 Å². The zero-order valence-corrected chi connectivity index (χ0v) is 13.3. The molecular weight excluding hydrogens is 304 g/mol. The summed E-state index contributed by atoms with van der Waals surface area (Å²) in [6.45, 7) is 5.67. The topological polar surface area (TPSA) is 41.1 Å². The van der Waals surface area contributed by atoms with Crippen molar-refractivity contribution in [1.82, 2.24) is 5.32 Å². The number of aryl methyl sites for hydroxylation is 1. The Bertz CT molecular complexity index is 407. The molecule has 1 amide bonds. The van der Waals surface area contributed by atoms with Gasteiger partial charge in [0.15, 0.2) is 0 Å². The maximum absolute atomic E-state index is 11.6. The highest BCUT2D eigenvalue weighted by Gasteiger charge is 2.01. The van der Waals surface area contributed by atoms with Gasteiger partial charge >= 0.3 is 0 Å². The Kier molecular flexibility index (Phi) is 7.56. The van der Waals surface area contributed by atoms with E-state index in [1.54, 1.807) is 0 Å². The molecule has 1 aromatic carbocycles. The van der Waals surface area contributed by atoms with Crippen LogP contribution in [0.25, 0.3) is 0 Å². The fourth-order valence-corrected chi connectivity index (χ4v) is 2.01. The number of halogens is 1. The Hall–Kier alpha value is -1.03. The SMILES string of the molecule is CCCCCNC(=O)CCNc1ccc(Br)c(C)c1. The van der Waals surface area contributed by atoms with Gasteiger partial charge < -0.3 is 10.6 Å². The third-order valence-corrected chi connectivity index (χ3v) is 3.83. The van der Waals surface area contributed by atoms with Gasteiger partial charge in [0.2, 0.25) is 5.91 Å². The molecule has 0 aliphatic rings. The van der Waals surface area contributed by atoms with Crippen LogP contribution in [0, 0.1) is 6.92 Å². The molecule has 19 heavy (non-hydrogen) atoms. The first-order valence-corrected chi connectivity index (χ1v) is 7.69. The van der Waals surface area contributed by atoms with E-state index in [0.29, 0.717) is 13.0 Å². The van der Waals surface area contributed by atoms with Crippen molar-refractivity contribution in [2.75, 3.05) is 18.4 Å². The molecule has 0 unspecified atom stereocenters. The average Bonchev–Trinajstić information content (AvgIpc) is 2.39. The van der Waals surface area contributed by atoms with E-state index in [1.165, 1.54) is 18.4 Å². The minimum absolute atomic E-state index is 0.123. The monoisotopic (exact) mass is 326 g/mol. The van der Waals surface area contributed by atoms with Gasteiger partial charge in [0, 0.05) is 29.7 Å². The van der Waals surface area contributed by atoms with Crippen molar-refractivity contribution in [3.63, 3.8) is 0 Å². The third-order valence-electron chi connectivity index (χ3n) is 2.94. The van der Waals surface area contributed by atoms with E-state index >= 15 is 0 Å². The lowest BCUT2D eigenvalue weighted by Gasteiger charge is -2.08. The number of nitrogens with one attached hydrogen (secondary N) is 2. The number of anilines is 1. The van der Waals surface area contributed by atoms with Gasteiger partial charge in [-0.2, -0.15) is 0 Å². The first kappa shape index (κ1) is 16.0. The van der Waals surface area contributed by atoms with Gasteiger partial charge in [-0.3, -0.25) is 4.79 Å². The second kappa shape index (κ2) is 8.97. The van der Waals surface area contributed by atoms with Crippen molar-refractivity contribution >= 4 is 27.5 Å². The van der Waals surface area contributed by atoms with Crippen LogP contribution in [0.4, 0.5) is 5.69 Å².